The summed E-state index contributed by atoms with van der Waals surface area (Å²) in [6.07, 6.45) is 4.14. The normalized spacial score (nSPS) is 17.1. The van der Waals surface area contributed by atoms with Gasteiger partial charge in [-0.05, 0) is 32.4 Å². The number of hydrogen-bond acceptors (Lipinski definition) is 6. The highest BCUT2D eigenvalue weighted by atomic mass is 16.5. The molecule has 2 aliphatic rings. The molecule has 2 aliphatic heterocycles. The highest BCUT2D eigenvalue weighted by Crippen LogP contribution is 2.22. The molecule has 0 aliphatic carbocycles. The van der Waals surface area contributed by atoms with E-state index in [9.17, 15) is 9.59 Å². The van der Waals surface area contributed by atoms with Crippen LogP contribution in [0.5, 0.6) is 5.75 Å². The molecule has 0 radical (unpaired) electrons. The number of rotatable bonds is 9. The number of nitrogens with zero attached hydrogens (tertiary/aromatic N) is 3. The van der Waals surface area contributed by atoms with Crippen LogP contribution in [0.25, 0.3) is 0 Å². The summed E-state index contributed by atoms with van der Waals surface area (Å²) in [7, 11) is 1.60. The predicted octanol–water partition coefficient (Wildman–Crippen LogP) is 1.23. The zero-order chi connectivity index (χ0) is 19.2. The van der Waals surface area contributed by atoms with Crippen LogP contribution in [0.15, 0.2) is 10.9 Å². The lowest BCUT2D eigenvalue weighted by molar-refractivity contribution is 0.0657. The quantitative estimate of drug-likeness (QED) is 0.652. The third-order valence-corrected chi connectivity index (χ3v) is 5.05. The van der Waals surface area contributed by atoms with Gasteiger partial charge in [0, 0.05) is 26.3 Å². The molecule has 0 bridgehead atoms. The van der Waals surface area contributed by atoms with E-state index in [-0.39, 0.29) is 17.1 Å². The average Bonchev–Trinajstić information content (AvgIpc) is 3.16. The number of methoxy groups -OCH3 is 1. The Kier molecular flexibility index (Phi) is 6.73. The molecule has 1 aromatic heterocycles. The number of amides is 1. The molecular weight excluding hydrogens is 348 g/mol. The third kappa shape index (κ3) is 4.44. The average molecular weight is 378 g/mol. The lowest BCUT2D eigenvalue weighted by atomic mass is 10.2. The van der Waals surface area contributed by atoms with Gasteiger partial charge < -0.3 is 19.8 Å². The molecule has 0 unspecified atom stereocenters. The number of fused-ring (bicyclic) bond motifs is 1. The Morgan fingerprint density at radius 2 is 1.96 bits per heavy atom. The Morgan fingerprint density at radius 1 is 1.19 bits per heavy atom. The lowest BCUT2D eigenvalue weighted by Gasteiger charge is -2.34. The molecule has 8 heteroatoms. The van der Waals surface area contributed by atoms with Crippen LogP contribution in [-0.2, 0) is 11.3 Å². The fourth-order valence-corrected chi connectivity index (χ4v) is 3.52. The number of aromatic nitrogens is 1. The molecule has 1 aromatic rings. The largest absolute Gasteiger partial charge is 0.487 e. The maximum Gasteiger partial charge on any atom is 0.277 e. The van der Waals surface area contributed by atoms with Crippen molar-refractivity contribution in [3.8, 4) is 5.75 Å². The third-order valence-electron chi connectivity index (χ3n) is 5.05. The van der Waals surface area contributed by atoms with Gasteiger partial charge in [-0.15, -0.1) is 0 Å². The second-order valence-electron chi connectivity index (χ2n) is 7.08. The number of nitrogens with one attached hydrogen (secondary N) is 1. The first kappa shape index (κ1) is 19.7. The summed E-state index contributed by atoms with van der Waals surface area (Å²) in [5.41, 5.74) is 4.15. The molecule has 27 heavy (non-hydrogen) atoms. The van der Waals surface area contributed by atoms with Gasteiger partial charge in [-0.2, -0.15) is 0 Å². The van der Waals surface area contributed by atoms with Crippen LogP contribution in [0.2, 0.25) is 0 Å². The maximum absolute atomic E-state index is 13.1. The van der Waals surface area contributed by atoms with Gasteiger partial charge in [0.2, 0.25) is 5.43 Å². The standard InChI is InChI=1S/C19H30N4O4/c1-3-4-10-27-18-16(24)12-15(13-21-7-5-6-8-21)23-17(18)19(25)22(14-20-23)9-11-26-2/h12,20H,3-11,13-14H2,1-2H3. The summed E-state index contributed by atoms with van der Waals surface area (Å²) in [4.78, 5) is 29.8. The highest BCUT2D eigenvalue weighted by Gasteiger charge is 2.31. The van der Waals surface area contributed by atoms with Crippen molar-refractivity contribution in [1.29, 1.82) is 0 Å². The summed E-state index contributed by atoms with van der Waals surface area (Å²) >= 11 is 0. The summed E-state index contributed by atoms with van der Waals surface area (Å²) in [6.45, 7) is 6.45. The van der Waals surface area contributed by atoms with Gasteiger partial charge in [0.1, 0.15) is 6.67 Å². The number of pyridine rings is 1. The number of carbonyl (C=O) groups excluding carboxylic acids is 1. The second kappa shape index (κ2) is 9.23. The van der Waals surface area contributed by atoms with Gasteiger partial charge in [0.15, 0.2) is 11.4 Å². The van der Waals surface area contributed by atoms with Crippen LogP contribution in [0.4, 0.5) is 0 Å². The van der Waals surface area contributed by atoms with Crippen LogP contribution >= 0.6 is 0 Å². The van der Waals surface area contributed by atoms with Crippen LogP contribution in [0.3, 0.4) is 0 Å². The smallest absolute Gasteiger partial charge is 0.277 e. The van der Waals surface area contributed by atoms with Gasteiger partial charge in [-0.1, -0.05) is 13.3 Å². The van der Waals surface area contributed by atoms with Gasteiger partial charge >= 0.3 is 0 Å². The minimum absolute atomic E-state index is 0.147. The molecule has 1 saturated heterocycles. The SMILES string of the molecule is CCCCOc1c2n(c(CN3CCCC3)cc1=O)NCN(CCOC)C2=O. The van der Waals surface area contributed by atoms with Crippen molar-refractivity contribution < 1.29 is 14.3 Å². The van der Waals surface area contributed by atoms with Gasteiger partial charge in [0.25, 0.3) is 5.91 Å². The van der Waals surface area contributed by atoms with E-state index in [4.69, 9.17) is 9.47 Å². The monoisotopic (exact) mass is 378 g/mol. The lowest BCUT2D eigenvalue weighted by Crippen LogP contribution is -2.49. The first-order chi connectivity index (χ1) is 13.2. The van der Waals surface area contributed by atoms with Gasteiger partial charge in [-0.25, -0.2) is 0 Å². The minimum Gasteiger partial charge on any atom is -0.487 e. The van der Waals surface area contributed by atoms with Crippen molar-refractivity contribution in [3.05, 3.63) is 27.7 Å². The van der Waals surface area contributed by atoms with E-state index in [1.807, 2.05) is 0 Å². The van der Waals surface area contributed by atoms with Crippen LogP contribution in [0, 0.1) is 0 Å². The van der Waals surface area contributed by atoms with Crippen molar-refractivity contribution in [3.63, 3.8) is 0 Å². The van der Waals surface area contributed by atoms with Crippen molar-refractivity contribution in [2.45, 2.75) is 39.2 Å². The molecule has 0 saturated carbocycles. The first-order valence-corrected chi connectivity index (χ1v) is 9.82. The van der Waals surface area contributed by atoms with Gasteiger partial charge in [-0.3, -0.25) is 19.2 Å². The first-order valence-electron chi connectivity index (χ1n) is 9.82. The molecule has 0 spiro atoms. The molecule has 1 N–H and O–H groups in total. The molecule has 8 nitrogen and oxygen atoms in total. The topological polar surface area (TPSA) is 76.0 Å². The Bertz CT molecular complexity index is 712. The molecule has 1 fully saturated rings. The van der Waals surface area contributed by atoms with Crippen LogP contribution < -0.4 is 15.6 Å². The number of hydrogen-bond donors (Lipinski definition) is 1. The Hall–Kier alpha value is -2.06. The molecule has 3 heterocycles. The molecule has 1 amide bonds. The molecular formula is C19H30N4O4. The van der Waals surface area contributed by atoms with Crippen molar-refractivity contribution in [2.24, 2.45) is 0 Å². The second-order valence-corrected chi connectivity index (χ2v) is 7.08. The van der Waals surface area contributed by atoms with Crippen LogP contribution in [0.1, 0.15) is 48.8 Å². The van der Waals surface area contributed by atoms with Crippen molar-refractivity contribution >= 4 is 5.91 Å². The van der Waals surface area contributed by atoms with E-state index in [0.29, 0.717) is 38.7 Å². The van der Waals surface area contributed by atoms with Crippen molar-refractivity contribution in [2.75, 3.05) is 52.1 Å². The van der Waals surface area contributed by atoms with Gasteiger partial charge in [0.05, 0.1) is 18.9 Å². The fraction of sp³-hybridized carbons (Fsp3) is 0.684. The van der Waals surface area contributed by atoms with E-state index in [1.54, 1.807) is 22.8 Å². The van der Waals surface area contributed by atoms with E-state index in [0.717, 1.165) is 31.6 Å². The fourth-order valence-electron chi connectivity index (χ4n) is 3.52. The van der Waals surface area contributed by atoms with E-state index in [2.05, 4.69) is 17.2 Å². The van der Waals surface area contributed by atoms with Crippen molar-refractivity contribution in [1.82, 2.24) is 14.5 Å². The van der Waals surface area contributed by atoms with E-state index < -0.39 is 0 Å². The summed E-state index contributed by atoms with van der Waals surface area (Å²) in [5, 5.41) is 0. The highest BCUT2D eigenvalue weighted by molar-refractivity contribution is 5.96. The number of carbonyl (C=O) groups is 1. The number of likely N-dealkylation sites (tertiary alicyclic amines) is 1. The zero-order valence-corrected chi connectivity index (χ0v) is 16.3. The zero-order valence-electron chi connectivity index (χ0n) is 16.3. The predicted molar refractivity (Wildman–Crippen MR) is 103 cm³/mol. The minimum atomic E-state index is -0.227. The molecule has 3 rings (SSSR count). The summed E-state index contributed by atoms with van der Waals surface area (Å²) in [6, 6.07) is 1.61. The van der Waals surface area contributed by atoms with E-state index >= 15 is 0 Å². The van der Waals surface area contributed by atoms with E-state index in [1.165, 1.54) is 12.8 Å². The molecule has 0 atom stereocenters. The summed E-state index contributed by atoms with van der Waals surface area (Å²) in [5.74, 6) is -0.0501. The molecule has 150 valence electrons. The van der Waals surface area contributed by atoms with Crippen LogP contribution in [-0.4, -0.2) is 67.0 Å². The summed E-state index contributed by atoms with van der Waals surface area (Å²) < 4.78 is 12.6. The Morgan fingerprint density at radius 3 is 2.67 bits per heavy atom. The Balaban J connectivity index is 1.95. The Labute approximate surface area is 160 Å². The number of unbranched alkanes of at least 4 members (excludes halogenated alkanes) is 1. The number of ether oxygens (including phenoxy) is 2. The maximum atomic E-state index is 13.1. The molecule has 0 aromatic carbocycles.